The molecule has 0 unspecified atom stereocenters. The second-order valence-corrected chi connectivity index (χ2v) is 7.26. The van der Waals surface area contributed by atoms with Crippen LogP contribution < -0.4 is 44.2 Å². The van der Waals surface area contributed by atoms with Gasteiger partial charge in [0.25, 0.3) is 0 Å². The fourth-order valence-electron chi connectivity index (χ4n) is 1.01. The van der Waals surface area contributed by atoms with E-state index in [2.05, 4.69) is 51.4 Å². The van der Waals surface area contributed by atoms with Gasteiger partial charge >= 0.3 is 46.3 Å². The first kappa shape index (κ1) is 42.9. The van der Waals surface area contributed by atoms with E-state index in [4.69, 9.17) is 0 Å². The maximum Gasteiger partial charge on any atom is 3.00 e. The first-order valence-electron chi connectivity index (χ1n) is 9.14. The molecule has 31 heavy (non-hydrogen) atoms. The van der Waals surface area contributed by atoms with Crippen molar-refractivity contribution in [2.45, 2.75) is 41.5 Å². The minimum atomic E-state index is -2.14. The van der Waals surface area contributed by atoms with Crippen LogP contribution in [0.15, 0.2) is 6.07 Å². The Morgan fingerprint density at radius 3 is 0.839 bits per heavy atom. The van der Waals surface area contributed by atoms with Gasteiger partial charge in [-0.3, -0.25) is 0 Å². The third-order valence-corrected chi connectivity index (χ3v) is 5.07. The fourth-order valence-corrected chi connectivity index (χ4v) is 2.68. The van der Waals surface area contributed by atoms with Crippen LogP contribution in [-0.2, 0) is 43.9 Å². The molecule has 0 saturated heterocycles. The zero-order chi connectivity index (χ0) is 22.8. The van der Waals surface area contributed by atoms with E-state index in [1.807, 2.05) is 0 Å². The molecule has 0 atom stereocenters. The summed E-state index contributed by atoms with van der Waals surface area (Å²) in [5.41, 5.74) is 0. The Kier molecular flexibility index (Phi) is 54.0. The van der Waals surface area contributed by atoms with E-state index in [1.54, 1.807) is 47.6 Å². The van der Waals surface area contributed by atoms with Crippen LogP contribution in [0.4, 0.5) is 0 Å². The van der Waals surface area contributed by atoms with Gasteiger partial charge in [0.15, 0.2) is 0 Å². The molecule has 1 aromatic carbocycles. The van der Waals surface area contributed by atoms with Crippen molar-refractivity contribution in [3.8, 4) is 0 Å². The van der Waals surface area contributed by atoms with Crippen LogP contribution in [0.2, 0.25) is 0 Å². The van der Waals surface area contributed by atoms with Gasteiger partial charge in [-0.1, -0.05) is 0 Å². The second kappa shape index (κ2) is 39.0. The van der Waals surface area contributed by atoms with E-state index < -0.39 is 25.8 Å². The number of rotatable bonds is 12. The summed E-state index contributed by atoms with van der Waals surface area (Å²) in [6.45, 7) is 13.4. The van der Waals surface area contributed by atoms with Crippen LogP contribution in [0.5, 0.6) is 0 Å². The van der Waals surface area contributed by atoms with Crippen molar-refractivity contribution in [1.82, 2.24) is 0 Å². The molecule has 1 aromatic rings. The molecule has 0 saturated carbocycles. The molecule has 0 spiro atoms. The van der Waals surface area contributed by atoms with Crippen LogP contribution in [0.25, 0.3) is 0 Å². The van der Waals surface area contributed by atoms with Gasteiger partial charge in [0, 0.05) is 0 Å². The number of hydrogen-bond acceptors (Lipinski definition) is 9. The van der Waals surface area contributed by atoms with E-state index in [-0.39, 0.29) is 46.3 Å². The van der Waals surface area contributed by atoms with Crippen molar-refractivity contribution in [2.24, 2.45) is 0 Å². The van der Waals surface area contributed by atoms with Gasteiger partial charge in [-0.25, -0.2) is 27.1 Å². The summed E-state index contributed by atoms with van der Waals surface area (Å²) in [5.74, 6) is 0. The summed E-state index contributed by atoms with van der Waals surface area (Å²) in [5, 5.41) is 0. The van der Waals surface area contributed by atoms with Crippen molar-refractivity contribution >= 4 is 25.8 Å². The van der Waals surface area contributed by atoms with Gasteiger partial charge in [-0.05, 0) is 41.5 Å². The Morgan fingerprint density at radius 2 is 0.742 bits per heavy atom. The van der Waals surface area contributed by atoms with E-state index >= 15 is 0 Å². The molecule has 0 N–H and O–H groups in total. The van der Waals surface area contributed by atoms with Gasteiger partial charge in [0.05, 0.1) is 39.6 Å². The summed E-state index contributed by atoms with van der Waals surface area (Å²) in [6, 6.07) is 12.0. The number of hydrogen-bond donors (Lipinski definition) is 0. The Bertz CT molecular complexity index is 306. The standard InChI is InChI=1S/C5H.3C4H11O3P.Co.Na/c1-2-4-5-3-1;3*1-3-6-8(5)7-4-2;;/h1H;3*8H,3-4H2,1-2H3;;/q-5;;;;+3;+1. The minimum Gasteiger partial charge on any atom is -0.999 e. The molecule has 182 valence electrons. The molecule has 0 radical (unpaired) electrons. The summed E-state index contributed by atoms with van der Waals surface area (Å²) in [7, 11) is -6.42. The molecule has 0 aliphatic heterocycles. The smallest absolute Gasteiger partial charge is 0.999 e. The Balaban J connectivity index is -0.0000000958. The van der Waals surface area contributed by atoms with E-state index in [0.717, 1.165) is 0 Å². The average Bonchev–Trinajstić information content (AvgIpc) is 3.24. The SMILES string of the molecule is CCO[PH+]([O-])OCC.CCO[PH+]([O-])OCC.CCO[PH+]([O-])OCC.[Co+3].[Na+].[c-]1[c-][c-][cH-][c-]1. The zero-order valence-corrected chi connectivity index (χ0v) is 25.4. The van der Waals surface area contributed by atoms with E-state index in [1.165, 1.54) is 0 Å². The molecule has 0 aliphatic carbocycles. The van der Waals surface area contributed by atoms with Crippen molar-refractivity contribution in [2.75, 3.05) is 39.6 Å². The molecule has 0 aliphatic rings. The normalized spacial score (nSPS) is 9.42. The van der Waals surface area contributed by atoms with Gasteiger partial charge < -0.3 is 45.0 Å². The molecule has 0 heterocycles. The van der Waals surface area contributed by atoms with Crippen LogP contribution in [-0.4, -0.2) is 39.6 Å². The van der Waals surface area contributed by atoms with Crippen molar-refractivity contribution in [3.63, 3.8) is 0 Å². The largest absolute Gasteiger partial charge is 3.00 e. The summed E-state index contributed by atoms with van der Waals surface area (Å²) in [4.78, 5) is 31.2. The molecule has 0 fully saturated rings. The summed E-state index contributed by atoms with van der Waals surface area (Å²) < 4.78 is 27.6. The molecule has 9 nitrogen and oxygen atoms in total. The predicted octanol–water partition coefficient (Wildman–Crippen LogP) is -1.26. The van der Waals surface area contributed by atoms with Crippen molar-refractivity contribution < 1.29 is 88.2 Å². The monoisotopic (exact) mass is 557 g/mol. The van der Waals surface area contributed by atoms with Crippen molar-refractivity contribution in [3.05, 3.63) is 30.3 Å². The molecule has 0 bridgehead atoms. The maximum atomic E-state index is 10.4. The van der Waals surface area contributed by atoms with Gasteiger partial charge in [0.2, 0.25) is 25.8 Å². The molecule has 1 rings (SSSR count). The third kappa shape index (κ3) is 45.9. The van der Waals surface area contributed by atoms with Gasteiger partial charge in [-0.15, -0.1) is 0 Å². The molecule has 0 aromatic heterocycles. The Labute approximate surface area is 224 Å². The van der Waals surface area contributed by atoms with Crippen LogP contribution in [0.1, 0.15) is 41.5 Å². The maximum absolute atomic E-state index is 10.4. The zero-order valence-electron chi connectivity index (χ0n) is 19.3. The molecule has 14 heteroatoms. The Hall–Kier alpha value is 1.79. The van der Waals surface area contributed by atoms with E-state index in [0.29, 0.717) is 39.6 Å². The summed E-state index contributed by atoms with van der Waals surface area (Å²) in [6.07, 6.45) is 0. The Morgan fingerprint density at radius 1 is 0.548 bits per heavy atom. The van der Waals surface area contributed by atoms with Crippen LogP contribution in [0.3, 0.4) is 0 Å². The molecule has 0 amide bonds. The third-order valence-electron chi connectivity index (χ3n) is 1.92. The first-order valence-corrected chi connectivity index (χ1v) is 12.8. The topological polar surface area (TPSA) is 125 Å². The van der Waals surface area contributed by atoms with E-state index in [9.17, 15) is 14.7 Å². The predicted molar refractivity (Wildman–Crippen MR) is 112 cm³/mol. The molecular formula is C17H34CoNaO9P3-. The first-order chi connectivity index (χ1) is 13.9. The average molecular weight is 557 g/mol. The van der Waals surface area contributed by atoms with Crippen molar-refractivity contribution in [1.29, 1.82) is 0 Å². The van der Waals surface area contributed by atoms with Crippen LogP contribution in [0, 0.1) is 24.3 Å². The summed E-state index contributed by atoms with van der Waals surface area (Å²) >= 11 is 0. The fraction of sp³-hybridized carbons (Fsp3) is 0.706. The molecular weight excluding hydrogens is 523 g/mol. The van der Waals surface area contributed by atoms with Gasteiger partial charge in [0.1, 0.15) is 0 Å². The second-order valence-electron chi connectivity index (χ2n) is 4.03. The quantitative estimate of drug-likeness (QED) is 0.176. The van der Waals surface area contributed by atoms with Crippen LogP contribution >= 0.6 is 25.8 Å². The van der Waals surface area contributed by atoms with Gasteiger partial charge in [-0.2, -0.15) is 0 Å². The minimum absolute atomic E-state index is 0.